The highest BCUT2D eigenvalue weighted by molar-refractivity contribution is 14.1. The van der Waals surface area contributed by atoms with E-state index in [9.17, 15) is 52.7 Å². The Hall–Kier alpha value is -0.680. The Balaban J connectivity index is 4.18. The van der Waals surface area contributed by atoms with E-state index < -0.39 is 65.6 Å². The van der Waals surface area contributed by atoms with Crippen molar-refractivity contribution >= 4 is 45.2 Å². The van der Waals surface area contributed by atoms with Crippen molar-refractivity contribution in [2.75, 3.05) is 0 Å². The van der Waals surface area contributed by atoms with Crippen molar-refractivity contribution in [3.8, 4) is 0 Å². The number of hydrogen-bond donors (Lipinski definition) is 0. The van der Waals surface area contributed by atoms with Crippen LogP contribution >= 0.6 is 45.2 Å². The fraction of sp³-hybridized carbons (Fsp3) is 0.167. The monoisotopic (exact) mass is 626 g/mol. The third-order valence-electron chi connectivity index (χ3n) is 2.78. The first-order valence-corrected chi connectivity index (χ1v) is 7.80. The molecule has 0 aliphatic carbocycles. The van der Waals surface area contributed by atoms with Gasteiger partial charge in [-0.25, -0.2) is 26.3 Å². The summed E-state index contributed by atoms with van der Waals surface area (Å²) < 4.78 is 156. The summed E-state index contributed by atoms with van der Waals surface area (Å²) in [6.07, 6.45) is 0. The zero-order valence-electron chi connectivity index (χ0n) is 11.3. The van der Waals surface area contributed by atoms with Crippen LogP contribution in [0.4, 0.5) is 52.7 Å². The fourth-order valence-electron chi connectivity index (χ4n) is 1.68. The van der Waals surface area contributed by atoms with Gasteiger partial charge in [-0.15, -0.1) is 0 Å². The highest BCUT2D eigenvalue weighted by atomic mass is 127. The molecule has 1 aromatic carbocycles. The predicted molar refractivity (Wildman–Crippen MR) is 80.6 cm³/mol. The summed E-state index contributed by atoms with van der Waals surface area (Å²) >= 11 is 0.509. The van der Waals surface area contributed by atoms with Crippen molar-refractivity contribution < 1.29 is 52.7 Å². The summed E-state index contributed by atoms with van der Waals surface area (Å²) in [4.78, 5) is 0. The summed E-state index contributed by atoms with van der Waals surface area (Å²) in [5, 5.41) is 0. The normalized spacial score (nSPS) is 15.0. The van der Waals surface area contributed by atoms with Crippen molar-refractivity contribution in [3.63, 3.8) is 0 Å². The molecule has 0 saturated carbocycles. The van der Waals surface area contributed by atoms with E-state index in [2.05, 4.69) is 0 Å². The maximum absolute atomic E-state index is 13.9. The predicted octanol–water partition coefficient (Wildman–Crippen LogP) is 7.51. The zero-order valence-corrected chi connectivity index (χ0v) is 15.6. The van der Waals surface area contributed by atoms with E-state index in [1.165, 1.54) is 0 Å². The number of allylic oxidation sites excluding steroid dienone is 2. The highest BCUT2D eigenvalue weighted by Gasteiger charge is 2.55. The Morgan fingerprint density at radius 2 is 0.769 bits per heavy atom. The van der Waals surface area contributed by atoms with Gasteiger partial charge in [0.15, 0.2) is 30.9 Å². The van der Waals surface area contributed by atoms with Gasteiger partial charge in [0.1, 0.15) is 0 Å². The van der Waals surface area contributed by atoms with E-state index in [1.54, 1.807) is 0 Å². The minimum absolute atomic E-state index is 0.255. The van der Waals surface area contributed by atoms with Crippen LogP contribution in [-0.2, 0) is 11.8 Å². The molecule has 0 saturated heterocycles. The Kier molecular flexibility index (Phi) is 6.96. The average Bonchev–Trinajstić information content (AvgIpc) is 2.53. The molecule has 0 atom stereocenters. The molecule has 0 unspecified atom stereocenters. The quantitative estimate of drug-likeness (QED) is 0.141. The maximum atomic E-state index is 13.9. The van der Waals surface area contributed by atoms with Crippen molar-refractivity contribution in [2.24, 2.45) is 0 Å². The third-order valence-corrected chi connectivity index (χ3v) is 3.73. The summed E-state index contributed by atoms with van der Waals surface area (Å²) in [6, 6.07) is 0. The topological polar surface area (TPSA) is 0 Å². The minimum Gasteiger partial charge on any atom is -0.203 e. The van der Waals surface area contributed by atoms with Crippen LogP contribution < -0.4 is 0 Å². The molecule has 0 bridgehead atoms. The van der Waals surface area contributed by atoms with E-state index >= 15 is 0 Å². The first-order chi connectivity index (χ1) is 11.6. The van der Waals surface area contributed by atoms with Crippen LogP contribution in [0.25, 0.3) is 0 Å². The molecule has 14 heteroatoms. The molecule has 0 radical (unpaired) electrons. The Labute approximate surface area is 163 Å². The minimum atomic E-state index is -5.83. The molecule has 0 spiro atoms. The van der Waals surface area contributed by atoms with Crippen LogP contribution in [0.2, 0.25) is 0 Å². The maximum Gasteiger partial charge on any atom is 0.330 e. The van der Waals surface area contributed by atoms with Gasteiger partial charge in [0, 0.05) is 0 Å². The molecule has 1 rings (SSSR count). The molecule has 0 aromatic heterocycles. The highest BCUT2D eigenvalue weighted by Crippen LogP contribution is 2.51. The van der Waals surface area contributed by atoms with Crippen molar-refractivity contribution in [1.29, 1.82) is 0 Å². The van der Waals surface area contributed by atoms with Crippen LogP contribution in [0.5, 0.6) is 0 Å². The van der Waals surface area contributed by atoms with Crippen LogP contribution in [0.3, 0.4) is 0 Å². The lowest BCUT2D eigenvalue weighted by Crippen LogP contribution is -2.29. The summed E-state index contributed by atoms with van der Waals surface area (Å²) in [6.45, 7) is 0. The summed E-state index contributed by atoms with van der Waals surface area (Å²) in [7, 11) is 0. The van der Waals surface area contributed by atoms with Gasteiger partial charge in [0.25, 0.3) is 0 Å². The molecule has 1 aromatic rings. The molecule has 0 fully saturated rings. The Morgan fingerprint density at radius 1 is 0.538 bits per heavy atom. The van der Waals surface area contributed by atoms with Crippen LogP contribution in [0.15, 0.2) is 19.3 Å². The molecule has 0 amide bonds. The molecule has 0 heterocycles. The van der Waals surface area contributed by atoms with E-state index in [0.717, 1.165) is 0 Å². The largest absolute Gasteiger partial charge is 0.330 e. The van der Waals surface area contributed by atoms with Gasteiger partial charge in [-0.1, -0.05) is 0 Å². The fourth-order valence-corrected chi connectivity index (χ4v) is 2.36. The molecular formula is C12F12I2. The van der Waals surface area contributed by atoms with E-state index in [-0.39, 0.29) is 45.2 Å². The lowest BCUT2D eigenvalue weighted by atomic mass is 9.93. The SMILES string of the molecule is FC(I)=C(F)C(F)(F)c1c(F)c(F)c(F)c(F)c1C(F)(F)C(F)=C(F)I. The molecule has 0 nitrogen and oxygen atoms in total. The van der Waals surface area contributed by atoms with Crippen molar-refractivity contribution in [3.05, 3.63) is 53.7 Å². The van der Waals surface area contributed by atoms with Crippen LogP contribution in [-0.4, -0.2) is 0 Å². The van der Waals surface area contributed by atoms with Gasteiger partial charge in [-0.3, -0.25) is 0 Å². The van der Waals surface area contributed by atoms with E-state index in [4.69, 9.17) is 0 Å². The van der Waals surface area contributed by atoms with Gasteiger partial charge in [-0.2, -0.15) is 26.3 Å². The van der Waals surface area contributed by atoms with Gasteiger partial charge in [0.05, 0.1) is 11.1 Å². The van der Waals surface area contributed by atoms with E-state index in [1.807, 2.05) is 0 Å². The molecule has 0 aliphatic rings. The number of alkyl halides is 4. The lowest BCUT2D eigenvalue weighted by Gasteiger charge is -2.24. The third kappa shape index (κ3) is 3.80. The van der Waals surface area contributed by atoms with Gasteiger partial charge >= 0.3 is 11.8 Å². The standard InChI is InChI=1S/C12F12I2/c13-3-1(11(21,22)7(17)9(19)25)2(4(14)6(16)5(3)15)12(23,24)8(18)10(20)26. The zero-order chi connectivity index (χ0) is 20.8. The van der Waals surface area contributed by atoms with Gasteiger partial charge in [0.2, 0.25) is 11.7 Å². The van der Waals surface area contributed by atoms with Crippen molar-refractivity contribution in [2.45, 2.75) is 11.8 Å². The van der Waals surface area contributed by atoms with Crippen LogP contribution in [0, 0.1) is 23.3 Å². The number of rotatable bonds is 4. The smallest absolute Gasteiger partial charge is 0.203 e. The first kappa shape index (κ1) is 23.4. The second-order valence-electron chi connectivity index (χ2n) is 4.30. The van der Waals surface area contributed by atoms with Gasteiger partial charge in [-0.05, 0) is 45.2 Å². The molecule has 26 heavy (non-hydrogen) atoms. The Bertz CT molecular complexity index is 736. The van der Waals surface area contributed by atoms with Crippen molar-refractivity contribution in [1.82, 2.24) is 0 Å². The molecule has 0 aliphatic heterocycles. The number of benzene rings is 1. The second-order valence-corrected chi connectivity index (χ2v) is 6.20. The number of halogens is 14. The summed E-state index contributed by atoms with van der Waals surface area (Å²) in [5.41, 5.74) is -6.48. The second kappa shape index (κ2) is 7.75. The first-order valence-electron chi connectivity index (χ1n) is 5.65. The van der Waals surface area contributed by atoms with Gasteiger partial charge < -0.3 is 0 Å². The summed E-state index contributed by atoms with van der Waals surface area (Å²) in [5.74, 6) is -30.9. The van der Waals surface area contributed by atoms with Crippen LogP contribution in [0.1, 0.15) is 11.1 Å². The average molecular weight is 626 g/mol. The Morgan fingerprint density at radius 3 is 0.962 bits per heavy atom. The lowest BCUT2D eigenvalue weighted by molar-refractivity contribution is -0.0210. The molecular weight excluding hydrogens is 626 g/mol. The molecule has 146 valence electrons. The number of hydrogen-bond acceptors (Lipinski definition) is 0. The molecule has 0 N–H and O–H groups in total. The van der Waals surface area contributed by atoms with E-state index in [0.29, 0.717) is 0 Å².